The normalized spacial score (nSPS) is 19.0. The van der Waals surface area contributed by atoms with Crippen molar-refractivity contribution in [2.75, 3.05) is 11.4 Å². The van der Waals surface area contributed by atoms with Gasteiger partial charge < -0.3 is 20.6 Å². The van der Waals surface area contributed by atoms with Crippen molar-refractivity contribution in [1.29, 1.82) is 0 Å². The lowest BCUT2D eigenvalue weighted by molar-refractivity contribution is -0.144. The van der Waals surface area contributed by atoms with Crippen LogP contribution in [0.4, 0.5) is 5.69 Å². The van der Waals surface area contributed by atoms with Crippen molar-refractivity contribution < 1.29 is 29.1 Å². The number of carboxylic acid groups (broad SMARTS) is 1. The number of carboxylic acids is 1. The third-order valence-corrected chi connectivity index (χ3v) is 9.80. The van der Waals surface area contributed by atoms with E-state index in [1.54, 1.807) is 46.5 Å². The summed E-state index contributed by atoms with van der Waals surface area (Å²) in [5, 5.41) is 15.6. The first kappa shape index (κ1) is 35.3. The molecule has 49 heavy (non-hydrogen) atoms. The third-order valence-electron chi connectivity index (χ3n) is 9.80. The van der Waals surface area contributed by atoms with Gasteiger partial charge in [0.25, 0.3) is 5.91 Å². The van der Waals surface area contributed by atoms with Crippen molar-refractivity contribution in [1.82, 2.24) is 20.5 Å². The Morgan fingerprint density at radius 2 is 1.63 bits per heavy atom. The zero-order chi connectivity index (χ0) is 35.0. The second-order valence-corrected chi connectivity index (χ2v) is 13.2. The van der Waals surface area contributed by atoms with Crippen LogP contribution < -0.4 is 15.5 Å². The Kier molecular flexibility index (Phi) is 11.4. The predicted octanol–water partition coefficient (Wildman–Crippen LogP) is 4.05. The predicted molar refractivity (Wildman–Crippen MR) is 184 cm³/mol. The quantitative estimate of drug-likeness (QED) is 0.235. The second-order valence-electron chi connectivity index (χ2n) is 13.2. The van der Waals surface area contributed by atoms with E-state index in [9.17, 15) is 29.1 Å². The van der Waals surface area contributed by atoms with Crippen molar-refractivity contribution in [3.05, 3.63) is 95.8 Å². The fourth-order valence-electron chi connectivity index (χ4n) is 7.28. The number of hydrogen-bond acceptors (Lipinski definition) is 6. The van der Waals surface area contributed by atoms with Crippen molar-refractivity contribution in [2.45, 2.75) is 89.9 Å². The Balaban J connectivity index is 1.35. The highest BCUT2D eigenvalue weighted by Crippen LogP contribution is 2.41. The van der Waals surface area contributed by atoms with Gasteiger partial charge in [0.1, 0.15) is 18.2 Å². The number of nitrogens with zero attached hydrogens (tertiary/aromatic N) is 3. The minimum atomic E-state index is -1.15. The van der Waals surface area contributed by atoms with Gasteiger partial charge in [-0.05, 0) is 67.0 Å². The molecular weight excluding hydrogens is 622 g/mol. The van der Waals surface area contributed by atoms with Crippen molar-refractivity contribution in [3.63, 3.8) is 0 Å². The highest BCUT2D eigenvalue weighted by atomic mass is 16.4. The van der Waals surface area contributed by atoms with Crippen LogP contribution in [0.15, 0.2) is 79.1 Å². The topological polar surface area (TPSA) is 149 Å². The van der Waals surface area contributed by atoms with Gasteiger partial charge in [0.15, 0.2) is 0 Å². The molecule has 11 nitrogen and oxygen atoms in total. The van der Waals surface area contributed by atoms with Crippen LogP contribution in [0.25, 0.3) is 0 Å². The number of rotatable bonds is 14. The molecule has 2 heterocycles. The Hall–Kier alpha value is -5.06. The van der Waals surface area contributed by atoms with Gasteiger partial charge in [-0.2, -0.15) is 0 Å². The first-order valence-corrected chi connectivity index (χ1v) is 17.0. The summed E-state index contributed by atoms with van der Waals surface area (Å²) in [6.45, 7) is 3.27. The van der Waals surface area contributed by atoms with Crippen LogP contribution in [-0.2, 0) is 43.2 Å². The molecule has 1 aromatic heterocycles. The van der Waals surface area contributed by atoms with E-state index < -0.39 is 29.6 Å². The number of aliphatic carboxylic acids is 1. The summed E-state index contributed by atoms with van der Waals surface area (Å²) in [6, 6.07) is 18.9. The van der Waals surface area contributed by atoms with Crippen LogP contribution >= 0.6 is 0 Å². The van der Waals surface area contributed by atoms with Crippen LogP contribution in [0.1, 0.15) is 69.1 Å². The van der Waals surface area contributed by atoms with Gasteiger partial charge in [0.05, 0.1) is 5.41 Å². The molecule has 11 heteroatoms. The molecule has 2 aliphatic rings. The van der Waals surface area contributed by atoms with Crippen molar-refractivity contribution >= 4 is 35.3 Å². The number of benzene rings is 2. The van der Waals surface area contributed by atoms with Gasteiger partial charge in [-0.1, -0.05) is 61.4 Å². The van der Waals surface area contributed by atoms with E-state index in [4.69, 9.17) is 0 Å². The minimum Gasteiger partial charge on any atom is -0.480 e. The van der Waals surface area contributed by atoms with Crippen molar-refractivity contribution in [2.24, 2.45) is 5.41 Å². The van der Waals surface area contributed by atoms with E-state index in [2.05, 4.69) is 15.6 Å². The molecule has 1 saturated carbocycles. The van der Waals surface area contributed by atoms with Gasteiger partial charge in [-0.3, -0.25) is 29.1 Å². The van der Waals surface area contributed by atoms with Gasteiger partial charge in [0.2, 0.25) is 17.7 Å². The van der Waals surface area contributed by atoms with E-state index >= 15 is 0 Å². The molecule has 4 amide bonds. The number of aryl methyl sites for hydroxylation is 1. The first-order valence-electron chi connectivity index (χ1n) is 17.0. The Labute approximate surface area is 287 Å². The van der Waals surface area contributed by atoms with Crippen LogP contribution in [0, 0.1) is 5.41 Å². The first-order chi connectivity index (χ1) is 23.6. The number of pyridine rings is 1. The lowest BCUT2D eigenvalue weighted by Crippen LogP contribution is -2.49. The second kappa shape index (κ2) is 15.9. The Morgan fingerprint density at radius 3 is 2.24 bits per heavy atom. The van der Waals surface area contributed by atoms with Gasteiger partial charge in [-0.15, -0.1) is 0 Å². The standard InChI is InChI=1S/C38H45N5O6/c1-26(44)40-22-20-38(18-6-7-19-38)37(49)41-32(36(47)48)23-29-12-15-31(16-13-29)43-34(17-14-28-9-4-3-5-10-28)42(27(2)45)33(35(43)46)24-30-11-8-21-39-25-30/h3-5,8-13,15-16,21,25,32-34H,6-7,14,17-20,22-24H2,1-2H3,(H,40,44)(H,41,49)(H,47,48). The molecule has 0 bridgehead atoms. The van der Waals surface area contributed by atoms with Crippen LogP contribution in [0.5, 0.6) is 0 Å². The zero-order valence-corrected chi connectivity index (χ0v) is 28.1. The summed E-state index contributed by atoms with van der Waals surface area (Å²) in [7, 11) is 0. The number of carbonyl (C=O) groups excluding carboxylic acids is 4. The molecule has 5 rings (SSSR count). The molecule has 258 valence electrons. The largest absolute Gasteiger partial charge is 0.480 e. The molecule has 1 saturated heterocycles. The van der Waals surface area contributed by atoms with Gasteiger partial charge in [0, 0.05) is 51.3 Å². The lowest BCUT2D eigenvalue weighted by atomic mass is 9.81. The molecule has 3 unspecified atom stereocenters. The van der Waals surface area contributed by atoms with E-state index in [-0.39, 0.29) is 30.0 Å². The summed E-state index contributed by atoms with van der Waals surface area (Å²) >= 11 is 0. The van der Waals surface area contributed by atoms with E-state index in [0.29, 0.717) is 56.3 Å². The van der Waals surface area contributed by atoms with Gasteiger partial charge >= 0.3 is 5.97 Å². The highest BCUT2D eigenvalue weighted by molar-refractivity contribution is 6.03. The highest BCUT2D eigenvalue weighted by Gasteiger charge is 2.48. The zero-order valence-electron chi connectivity index (χ0n) is 28.1. The molecular formula is C38H45N5O6. The summed E-state index contributed by atoms with van der Waals surface area (Å²) < 4.78 is 0. The smallest absolute Gasteiger partial charge is 0.326 e. The fraction of sp³-hybridized carbons (Fsp3) is 0.421. The molecule has 0 radical (unpaired) electrons. The minimum absolute atomic E-state index is 0.0533. The van der Waals surface area contributed by atoms with E-state index in [1.807, 2.05) is 42.5 Å². The summed E-state index contributed by atoms with van der Waals surface area (Å²) in [4.78, 5) is 72.1. The number of hydrogen-bond donors (Lipinski definition) is 3. The summed E-state index contributed by atoms with van der Waals surface area (Å²) in [5.41, 5.74) is 2.52. The summed E-state index contributed by atoms with van der Waals surface area (Å²) in [5.74, 6) is -2.00. The van der Waals surface area contributed by atoms with Gasteiger partial charge in [-0.25, -0.2) is 4.79 Å². The molecule has 3 aromatic rings. The lowest BCUT2D eigenvalue weighted by Gasteiger charge is -2.31. The maximum absolute atomic E-state index is 14.2. The maximum atomic E-state index is 14.2. The van der Waals surface area contributed by atoms with E-state index in [1.165, 1.54) is 13.8 Å². The number of aromatic nitrogens is 1. The molecule has 1 aliphatic carbocycles. The molecule has 2 aromatic carbocycles. The Morgan fingerprint density at radius 1 is 0.939 bits per heavy atom. The van der Waals surface area contributed by atoms with E-state index in [0.717, 1.165) is 24.0 Å². The number of anilines is 1. The SMILES string of the molecule is CC(=O)NCCC1(C(=O)NC(Cc2ccc(N3C(=O)C(Cc4cccnc4)N(C(C)=O)C3CCc3ccccc3)cc2)C(=O)O)CCCC1. The molecule has 3 atom stereocenters. The number of nitrogens with one attached hydrogen (secondary N) is 2. The molecule has 1 aliphatic heterocycles. The average molecular weight is 668 g/mol. The van der Waals surface area contributed by atoms with Crippen LogP contribution in [0.3, 0.4) is 0 Å². The Bertz CT molecular complexity index is 1630. The van der Waals surface area contributed by atoms with Crippen LogP contribution in [0.2, 0.25) is 0 Å². The number of amides is 4. The third kappa shape index (κ3) is 8.51. The molecule has 3 N–H and O–H groups in total. The maximum Gasteiger partial charge on any atom is 0.326 e. The monoisotopic (exact) mass is 667 g/mol. The molecule has 2 fully saturated rings. The van der Waals surface area contributed by atoms with Crippen molar-refractivity contribution in [3.8, 4) is 0 Å². The van der Waals surface area contributed by atoms with Crippen LogP contribution in [-0.4, -0.2) is 69.4 Å². The molecule has 0 spiro atoms. The average Bonchev–Trinajstić information content (AvgIpc) is 3.67. The number of carbonyl (C=O) groups is 5. The summed E-state index contributed by atoms with van der Waals surface area (Å²) in [6.07, 6.45) is 7.90. The fourth-order valence-corrected chi connectivity index (χ4v) is 7.28.